The minimum Gasteiger partial charge on any atom is -0.465 e. The SMILES string of the molecule is O=C(O)NC(Cc1noc(=O)[nH]1)C1CCCCC1. The lowest BCUT2D eigenvalue weighted by molar-refractivity contribution is 0.177. The van der Waals surface area contributed by atoms with Crippen LogP contribution in [0.3, 0.4) is 0 Å². The fourth-order valence-corrected chi connectivity index (χ4v) is 2.59. The van der Waals surface area contributed by atoms with Crippen LogP contribution in [0.5, 0.6) is 0 Å². The normalized spacial score (nSPS) is 18.4. The van der Waals surface area contributed by atoms with E-state index in [0.29, 0.717) is 18.2 Å². The van der Waals surface area contributed by atoms with E-state index in [0.717, 1.165) is 25.7 Å². The molecule has 7 nitrogen and oxygen atoms in total. The topological polar surface area (TPSA) is 108 Å². The summed E-state index contributed by atoms with van der Waals surface area (Å²) in [5, 5.41) is 15.0. The lowest BCUT2D eigenvalue weighted by atomic mass is 9.82. The van der Waals surface area contributed by atoms with Crippen LogP contribution in [0.2, 0.25) is 0 Å². The van der Waals surface area contributed by atoms with Crippen molar-refractivity contribution >= 4 is 6.09 Å². The summed E-state index contributed by atoms with van der Waals surface area (Å²) in [6.07, 6.45) is 4.78. The third-order valence-corrected chi connectivity index (χ3v) is 3.43. The van der Waals surface area contributed by atoms with Crippen molar-refractivity contribution in [3.05, 3.63) is 16.4 Å². The van der Waals surface area contributed by atoms with E-state index in [4.69, 9.17) is 5.11 Å². The van der Waals surface area contributed by atoms with Crippen molar-refractivity contribution in [1.29, 1.82) is 0 Å². The van der Waals surface area contributed by atoms with Crippen molar-refractivity contribution in [3.63, 3.8) is 0 Å². The molecule has 1 aromatic rings. The number of amides is 1. The maximum Gasteiger partial charge on any atom is 0.438 e. The predicted molar refractivity (Wildman–Crippen MR) is 62.4 cm³/mol. The van der Waals surface area contributed by atoms with Crippen LogP contribution in [0.4, 0.5) is 4.79 Å². The quantitative estimate of drug-likeness (QED) is 0.747. The Morgan fingerprint density at radius 2 is 2.22 bits per heavy atom. The van der Waals surface area contributed by atoms with E-state index in [2.05, 4.69) is 20.0 Å². The first-order valence-electron chi connectivity index (χ1n) is 6.19. The zero-order valence-corrected chi connectivity index (χ0v) is 10.0. The molecule has 7 heteroatoms. The Hall–Kier alpha value is -1.79. The van der Waals surface area contributed by atoms with Gasteiger partial charge in [0, 0.05) is 12.5 Å². The van der Waals surface area contributed by atoms with Gasteiger partial charge in [0.05, 0.1) is 0 Å². The number of carbonyl (C=O) groups is 1. The maximum atomic E-state index is 10.8. The van der Waals surface area contributed by atoms with E-state index in [9.17, 15) is 9.59 Å². The van der Waals surface area contributed by atoms with Gasteiger partial charge in [0.25, 0.3) is 0 Å². The fraction of sp³-hybridized carbons (Fsp3) is 0.727. The molecule has 0 radical (unpaired) electrons. The number of nitrogens with one attached hydrogen (secondary N) is 2. The molecular weight excluding hydrogens is 238 g/mol. The predicted octanol–water partition coefficient (Wildman–Crippen LogP) is 1.12. The largest absolute Gasteiger partial charge is 0.465 e. The molecule has 1 aliphatic carbocycles. The summed E-state index contributed by atoms with van der Waals surface area (Å²) in [7, 11) is 0. The highest BCUT2D eigenvalue weighted by Crippen LogP contribution is 2.27. The van der Waals surface area contributed by atoms with Crippen molar-refractivity contribution in [2.24, 2.45) is 5.92 Å². The summed E-state index contributed by atoms with van der Waals surface area (Å²) >= 11 is 0. The van der Waals surface area contributed by atoms with E-state index >= 15 is 0 Å². The van der Waals surface area contributed by atoms with Crippen molar-refractivity contribution in [1.82, 2.24) is 15.5 Å². The van der Waals surface area contributed by atoms with Crippen LogP contribution >= 0.6 is 0 Å². The molecule has 1 aromatic heterocycles. The van der Waals surface area contributed by atoms with E-state index < -0.39 is 11.8 Å². The van der Waals surface area contributed by atoms with Gasteiger partial charge in [0.2, 0.25) is 0 Å². The molecular formula is C11H17N3O4. The standard InChI is InChI=1S/C11H17N3O4/c15-10(16)12-8(7-4-2-1-3-5-7)6-9-13-11(17)18-14-9/h7-8,12H,1-6H2,(H,15,16)(H,13,14,17). The zero-order valence-electron chi connectivity index (χ0n) is 10.0. The molecule has 1 atom stereocenters. The number of carboxylic acid groups (broad SMARTS) is 1. The summed E-state index contributed by atoms with van der Waals surface area (Å²) in [5.41, 5.74) is 0. The van der Waals surface area contributed by atoms with Gasteiger partial charge in [-0.25, -0.2) is 9.59 Å². The van der Waals surface area contributed by atoms with Gasteiger partial charge >= 0.3 is 11.8 Å². The number of nitrogens with zero attached hydrogens (tertiary/aromatic N) is 1. The molecule has 1 saturated carbocycles. The average molecular weight is 255 g/mol. The first kappa shape index (κ1) is 12.7. The number of rotatable bonds is 4. The minimum absolute atomic E-state index is 0.219. The van der Waals surface area contributed by atoms with E-state index in [-0.39, 0.29) is 6.04 Å². The van der Waals surface area contributed by atoms with Crippen molar-refractivity contribution in [2.45, 2.75) is 44.6 Å². The van der Waals surface area contributed by atoms with Crippen LogP contribution in [-0.2, 0) is 6.42 Å². The Balaban J connectivity index is 2.03. The summed E-state index contributed by atoms with van der Waals surface area (Å²) in [6.45, 7) is 0. The van der Waals surface area contributed by atoms with Gasteiger partial charge in [-0.1, -0.05) is 24.4 Å². The number of hydrogen-bond acceptors (Lipinski definition) is 4. The summed E-state index contributed by atoms with van der Waals surface area (Å²) in [6, 6.07) is -0.219. The van der Waals surface area contributed by atoms with Crippen molar-refractivity contribution in [3.8, 4) is 0 Å². The molecule has 1 heterocycles. The molecule has 3 N–H and O–H groups in total. The van der Waals surface area contributed by atoms with Crippen LogP contribution < -0.4 is 11.1 Å². The number of aromatic amines is 1. The van der Waals surface area contributed by atoms with Crippen LogP contribution in [0, 0.1) is 5.92 Å². The minimum atomic E-state index is -1.04. The third-order valence-electron chi connectivity index (χ3n) is 3.43. The maximum absolute atomic E-state index is 10.8. The van der Waals surface area contributed by atoms with Gasteiger partial charge in [-0.3, -0.25) is 9.51 Å². The fourth-order valence-electron chi connectivity index (χ4n) is 2.59. The molecule has 100 valence electrons. The summed E-state index contributed by atoms with van der Waals surface area (Å²) in [4.78, 5) is 24.1. The number of H-pyrrole nitrogens is 1. The molecule has 2 rings (SSSR count). The second-order valence-electron chi connectivity index (χ2n) is 4.70. The van der Waals surface area contributed by atoms with Gasteiger partial charge in [-0.2, -0.15) is 0 Å². The van der Waals surface area contributed by atoms with Gasteiger partial charge in [0.1, 0.15) is 0 Å². The number of aromatic nitrogens is 2. The Kier molecular flexibility index (Phi) is 4.01. The van der Waals surface area contributed by atoms with Crippen LogP contribution in [0.1, 0.15) is 37.9 Å². The van der Waals surface area contributed by atoms with Crippen molar-refractivity contribution < 1.29 is 14.4 Å². The number of hydrogen-bond donors (Lipinski definition) is 3. The molecule has 18 heavy (non-hydrogen) atoms. The average Bonchev–Trinajstić information content (AvgIpc) is 2.75. The zero-order chi connectivity index (χ0) is 13.0. The first-order chi connectivity index (χ1) is 8.65. The third kappa shape index (κ3) is 3.35. The monoisotopic (exact) mass is 255 g/mol. The highest BCUT2D eigenvalue weighted by Gasteiger charge is 2.26. The Bertz CT molecular complexity index is 447. The molecule has 0 aromatic carbocycles. The molecule has 1 unspecified atom stereocenters. The molecule has 1 aliphatic rings. The first-order valence-corrected chi connectivity index (χ1v) is 6.19. The summed E-state index contributed by atoms with van der Waals surface area (Å²) in [5.74, 6) is 0.0853. The molecule has 1 fully saturated rings. The van der Waals surface area contributed by atoms with E-state index in [1.54, 1.807) is 0 Å². The van der Waals surface area contributed by atoms with Crippen LogP contribution in [0.15, 0.2) is 9.32 Å². The van der Waals surface area contributed by atoms with E-state index in [1.165, 1.54) is 6.42 Å². The van der Waals surface area contributed by atoms with E-state index in [1.807, 2.05) is 0 Å². The van der Waals surface area contributed by atoms with Crippen LogP contribution in [-0.4, -0.2) is 27.4 Å². The molecule has 1 amide bonds. The van der Waals surface area contributed by atoms with Gasteiger partial charge in [0.15, 0.2) is 5.82 Å². The van der Waals surface area contributed by atoms with Crippen molar-refractivity contribution in [2.75, 3.05) is 0 Å². The smallest absolute Gasteiger partial charge is 0.438 e. The van der Waals surface area contributed by atoms with Gasteiger partial charge in [-0.05, 0) is 18.8 Å². The molecule has 0 saturated heterocycles. The Labute approximate surface area is 104 Å². The molecule has 0 bridgehead atoms. The molecule has 0 aliphatic heterocycles. The van der Waals surface area contributed by atoms with Crippen LogP contribution in [0.25, 0.3) is 0 Å². The second-order valence-corrected chi connectivity index (χ2v) is 4.70. The van der Waals surface area contributed by atoms with Gasteiger partial charge in [-0.15, -0.1) is 0 Å². The summed E-state index contributed by atoms with van der Waals surface area (Å²) < 4.78 is 4.42. The highest BCUT2D eigenvalue weighted by molar-refractivity contribution is 5.64. The Morgan fingerprint density at radius 3 is 2.78 bits per heavy atom. The lowest BCUT2D eigenvalue weighted by Gasteiger charge is -2.29. The molecule has 0 spiro atoms. The second kappa shape index (κ2) is 5.70. The Morgan fingerprint density at radius 1 is 1.50 bits per heavy atom. The highest BCUT2D eigenvalue weighted by atomic mass is 16.5. The van der Waals surface area contributed by atoms with Gasteiger partial charge < -0.3 is 10.4 Å². The lowest BCUT2D eigenvalue weighted by Crippen LogP contribution is -2.42.